The van der Waals surface area contributed by atoms with Crippen LogP contribution in [0.15, 0.2) is 54.7 Å². The van der Waals surface area contributed by atoms with Gasteiger partial charge in [0.25, 0.3) is 0 Å². The fourth-order valence-electron chi connectivity index (χ4n) is 1.97. The lowest BCUT2D eigenvalue weighted by molar-refractivity contribution is -0.157. The van der Waals surface area contributed by atoms with Crippen molar-refractivity contribution in [1.29, 1.82) is 0 Å². The lowest BCUT2D eigenvalue weighted by atomic mass is 10.1. The van der Waals surface area contributed by atoms with E-state index in [9.17, 15) is 4.79 Å². The number of hydrogen-bond acceptors (Lipinski definition) is 4. The van der Waals surface area contributed by atoms with E-state index >= 15 is 0 Å². The molecule has 2 rings (SSSR count). The Bertz CT molecular complexity index is 542. The number of rotatable bonds is 7. The van der Waals surface area contributed by atoms with Gasteiger partial charge in [-0.2, -0.15) is 0 Å². The van der Waals surface area contributed by atoms with Crippen LogP contribution in [0, 0.1) is 0 Å². The molecule has 1 aromatic carbocycles. The van der Waals surface area contributed by atoms with Crippen molar-refractivity contribution in [1.82, 2.24) is 4.98 Å². The van der Waals surface area contributed by atoms with Crippen LogP contribution in [0.5, 0.6) is 0 Å². The third-order valence-corrected chi connectivity index (χ3v) is 2.97. The number of aromatic nitrogens is 1. The molecule has 0 bridgehead atoms. The van der Waals surface area contributed by atoms with Crippen LogP contribution in [0.25, 0.3) is 0 Å². The molecule has 0 spiro atoms. The topological polar surface area (TPSA) is 48.4 Å². The molecular formula is C17H19NO3. The van der Waals surface area contributed by atoms with Gasteiger partial charge in [-0.3, -0.25) is 4.98 Å². The summed E-state index contributed by atoms with van der Waals surface area (Å²) in [5.41, 5.74) is 1.74. The molecule has 4 nitrogen and oxygen atoms in total. The number of hydrogen-bond donors (Lipinski definition) is 0. The third-order valence-electron chi connectivity index (χ3n) is 2.97. The van der Waals surface area contributed by atoms with Crippen LogP contribution in [0.4, 0.5) is 0 Å². The summed E-state index contributed by atoms with van der Waals surface area (Å²) >= 11 is 0. The van der Waals surface area contributed by atoms with E-state index in [1.807, 2.05) is 48.5 Å². The predicted octanol–water partition coefficient (Wildman–Crippen LogP) is 2.95. The summed E-state index contributed by atoms with van der Waals surface area (Å²) in [6.45, 7) is 2.54. The van der Waals surface area contributed by atoms with Gasteiger partial charge in [-0.25, -0.2) is 4.79 Å². The standard InChI is InChI=1S/C17H19NO3/c1-2-20-17(19)16(14-8-4-3-5-9-14)21-13-11-15-10-6-7-12-18-15/h3-10,12,16H,2,11,13H2,1H3. The SMILES string of the molecule is CCOC(=O)C(OCCc1ccccn1)c1ccccc1. The zero-order valence-corrected chi connectivity index (χ0v) is 12.1. The molecule has 110 valence electrons. The first-order chi connectivity index (χ1) is 10.3. The maximum absolute atomic E-state index is 12.0. The first kappa shape index (κ1) is 15.2. The highest BCUT2D eigenvalue weighted by molar-refractivity contribution is 5.76. The van der Waals surface area contributed by atoms with Crippen molar-refractivity contribution >= 4 is 5.97 Å². The van der Waals surface area contributed by atoms with Crippen molar-refractivity contribution in [2.24, 2.45) is 0 Å². The van der Waals surface area contributed by atoms with Crippen LogP contribution in [0.2, 0.25) is 0 Å². The van der Waals surface area contributed by atoms with Crippen molar-refractivity contribution in [3.05, 3.63) is 66.0 Å². The second kappa shape index (κ2) is 8.17. The van der Waals surface area contributed by atoms with E-state index in [4.69, 9.17) is 9.47 Å². The Balaban J connectivity index is 1.98. The lowest BCUT2D eigenvalue weighted by Crippen LogP contribution is -2.20. The molecule has 1 aromatic heterocycles. The molecule has 0 aliphatic rings. The van der Waals surface area contributed by atoms with Crippen LogP contribution in [0.1, 0.15) is 24.3 Å². The van der Waals surface area contributed by atoms with Gasteiger partial charge in [-0.1, -0.05) is 36.4 Å². The summed E-state index contributed by atoms with van der Waals surface area (Å²) in [4.78, 5) is 16.3. The summed E-state index contributed by atoms with van der Waals surface area (Å²) in [6, 6.07) is 15.1. The Hall–Kier alpha value is -2.20. The van der Waals surface area contributed by atoms with Crippen LogP contribution >= 0.6 is 0 Å². The smallest absolute Gasteiger partial charge is 0.339 e. The van der Waals surface area contributed by atoms with Crippen LogP contribution in [0.3, 0.4) is 0 Å². The quantitative estimate of drug-likeness (QED) is 0.734. The zero-order chi connectivity index (χ0) is 14.9. The number of benzene rings is 1. The number of pyridine rings is 1. The fraction of sp³-hybridized carbons (Fsp3) is 0.294. The predicted molar refractivity (Wildman–Crippen MR) is 79.7 cm³/mol. The number of carbonyl (C=O) groups excluding carboxylic acids is 1. The molecular weight excluding hydrogens is 266 g/mol. The number of nitrogens with zero attached hydrogens (tertiary/aromatic N) is 1. The van der Waals surface area contributed by atoms with Crippen LogP contribution < -0.4 is 0 Å². The van der Waals surface area contributed by atoms with E-state index in [1.165, 1.54) is 0 Å². The monoisotopic (exact) mass is 285 g/mol. The second-order valence-electron chi connectivity index (χ2n) is 4.48. The fourth-order valence-corrected chi connectivity index (χ4v) is 1.97. The Morgan fingerprint density at radius 2 is 1.90 bits per heavy atom. The first-order valence-corrected chi connectivity index (χ1v) is 7.04. The molecule has 1 heterocycles. The number of ether oxygens (including phenoxy) is 2. The van der Waals surface area contributed by atoms with Crippen molar-refractivity contribution < 1.29 is 14.3 Å². The zero-order valence-electron chi connectivity index (χ0n) is 12.1. The summed E-state index contributed by atoms with van der Waals surface area (Å²) < 4.78 is 10.8. The normalized spacial score (nSPS) is 11.9. The van der Waals surface area contributed by atoms with Gasteiger partial charge in [0.1, 0.15) is 0 Å². The molecule has 0 aliphatic heterocycles. The Kier molecular flexibility index (Phi) is 5.91. The average molecular weight is 285 g/mol. The maximum Gasteiger partial charge on any atom is 0.339 e. The lowest BCUT2D eigenvalue weighted by Gasteiger charge is -2.16. The average Bonchev–Trinajstić information content (AvgIpc) is 2.53. The molecule has 0 amide bonds. The molecule has 0 aliphatic carbocycles. The molecule has 0 radical (unpaired) electrons. The molecule has 0 fully saturated rings. The van der Waals surface area contributed by atoms with Crippen molar-refractivity contribution in [2.45, 2.75) is 19.4 Å². The van der Waals surface area contributed by atoms with Gasteiger partial charge in [-0.05, 0) is 24.6 Å². The Morgan fingerprint density at radius 1 is 1.14 bits per heavy atom. The number of esters is 1. The molecule has 1 unspecified atom stereocenters. The van der Waals surface area contributed by atoms with E-state index < -0.39 is 6.10 Å². The summed E-state index contributed by atoms with van der Waals surface area (Å²) in [6.07, 6.45) is 1.72. The minimum Gasteiger partial charge on any atom is -0.464 e. The second-order valence-corrected chi connectivity index (χ2v) is 4.48. The van der Waals surface area contributed by atoms with E-state index in [0.29, 0.717) is 19.6 Å². The van der Waals surface area contributed by atoms with Crippen molar-refractivity contribution in [3.8, 4) is 0 Å². The van der Waals surface area contributed by atoms with E-state index in [1.54, 1.807) is 13.1 Å². The summed E-state index contributed by atoms with van der Waals surface area (Å²) in [5.74, 6) is -0.357. The number of carbonyl (C=O) groups is 1. The molecule has 4 heteroatoms. The summed E-state index contributed by atoms with van der Waals surface area (Å²) in [7, 11) is 0. The molecule has 21 heavy (non-hydrogen) atoms. The van der Waals surface area contributed by atoms with Gasteiger partial charge in [-0.15, -0.1) is 0 Å². The van der Waals surface area contributed by atoms with Gasteiger partial charge in [0.05, 0.1) is 13.2 Å². The molecule has 0 saturated heterocycles. The van der Waals surface area contributed by atoms with Gasteiger partial charge in [0, 0.05) is 18.3 Å². The third kappa shape index (κ3) is 4.68. The van der Waals surface area contributed by atoms with Crippen LogP contribution in [-0.4, -0.2) is 24.2 Å². The highest BCUT2D eigenvalue weighted by Gasteiger charge is 2.22. The van der Waals surface area contributed by atoms with E-state index in [0.717, 1.165) is 11.3 Å². The maximum atomic E-state index is 12.0. The van der Waals surface area contributed by atoms with Crippen molar-refractivity contribution in [2.75, 3.05) is 13.2 Å². The molecule has 0 N–H and O–H groups in total. The van der Waals surface area contributed by atoms with Gasteiger partial charge in [0.15, 0.2) is 6.10 Å². The minimum absolute atomic E-state index is 0.339. The summed E-state index contributed by atoms with van der Waals surface area (Å²) in [5, 5.41) is 0. The highest BCUT2D eigenvalue weighted by Crippen LogP contribution is 2.19. The largest absolute Gasteiger partial charge is 0.464 e. The van der Waals surface area contributed by atoms with Gasteiger partial charge in [0.2, 0.25) is 0 Å². The van der Waals surface area contributed by atoms with E-state index in [2.05, 4.69) is 4.98 Å². The van der Waals surface area contributed by atoms with E-state index in [-0.39, 0.29) is 5.97 Å². The Labute approximate surface area is 124 Å². The highest BCUT2D eigenvalue weighted by atomic mass is 16.6. The van der Waals surface area contributed by atoms with Crippen LogP contribution in [-0.2, 0) is 20.7 Å². The molecule has 2 aromatic rings. The van der Waals surface area contributed by atoms with Gasteiger partial charge < -0.3 is 9.47 Å². The Morgan fingerprint density at radius 3 is 2.57 bits per heavy atom. The van der Waals surface area contributed by atoms with Crippen molar-refractivity contribution in [3.63, 3.8) is 0 Å². The minimum atomic E-state index is -0.685. The molecule has 0 saturated carbocycles. The van der Waals surface area contributed by atoms with Gasteiger partial charge >= 0.3 is 5.97 Å². The molecule has 1 atom stereocenters. The first-order valence-electron chi connectivity index (χ1n) is 7.04.